The van der Waals surface area contributed by atoms with Crippen LogP contribution in [0.2, 0.25) is 0 Å². The van der Waals surface area contributed by atoms with Crippen molar-refractivity contribution in [3.8, 4) is 11.5 Å². The lowest BCUT2D eigenvalue weighted by Crippen LogP contribution is -2.38. The maximum Gasteiger partial charge on any atom is 0.339 e. The quantitative estimate of drug-likeness (QED) is 0.131. The highest BCUT2D eigenvalue weighted by molar-refractivity contribution is 7.87. The number of rotatable bonds is 7. The van der Waals surface area contributed by atoms with E-state index >= 15 is 0 Å². The SMILES string of the molecule is COc1cccc([C@@H]2C3=C(N=c4s/c(=C/c5ccc(OS(=O)(=O)c6ccc(C)c([N+](=O)[O-])c6)cc5)c(=O)n42)c2ccccc2CC3)c1. The van der Waals surface area contributed by atoms with Crippen molar-refractivity contribution >= 4 is 38.9 Å². The summed E-state index contributed by atoms with van der Waals surface area (Å²) < 4.78 is 38.8. The minimum atomic E-state index is -4.33. The van der Waals surface area contributed by atoms with Crippen molar-refractivity contribution in [1.29, 1.82) is 0 Å². The number of thiazole rings is 1. The molecule has 0 amide bonds. The average molecular weight is 666 g/mol. The number of aryl methyl sites for hydroxylation is 2. The number of nitrogens with zero attached hydrogens (tertiary/aromatic N) is 3. The molecule has 1 atom stereocenters. The molecule has 236 valence electrons. The van der Waals surface area contributed by atoms with Gasteiger partial charge >= 0.3 is 10.1 Å². The Kier molecular flexibility index (Phi) is 7.61. The van der Waals surface area contributed by atoms with Crippen molar-refractivity contribution in [1.82, 2.24) is 4.57 Å². The Morgan fingerprint density at radius 3 is 2.53 bits per heavy atom. The van der Waals surface area contributed by atoms with Crippen LogP contribution in [-0.2, 0) is 16.5 Å². The van der Waals surface area contributed by atoms with Gasteiger partial charge in [0.2, 0.25) is 0 Å². The Bertz CT molecular complexity index is 2410. The summed E-state index contributed by atoms with van der Waals surface area (Å²) in [7, 11) is -2.71. The fraction of sp³-hybridized carbons (Fsp3) is 0.143. The molecule has 0 saturated heterocycles. The maximum absolute atomic E-state index is 14.1. The summed E-state index contributed by atoms with van der Waals surface area (Å²) in [6, 6.07) is 25.5. The molecular weight excluding hydrogens is 639 g/mol. The number of ether oxygens (including phenoxy) is 1. The number of methoxy groups -OCH3 is 1. The van der Waals surface area contributed by atoms with Gasteiger partial charge in [-0.05, 0) is 78.4 Å². The lowest BCUT2D eigenvalue weighted by molar-refractivity contribution is -0.385. The van der Waals surface area contributed by atoms with E-state index in [0.717, 1.165) is 41.3 Å². The molecular formula is C35H27N3O7S2. The Morgan fingerprint density at radius 1 is 0.979 bits per heavy atom. The van der Waals surface area contributed by atoms with Crippen LogP contribution in [0, 0.1) is 17.0 Å². The van der Waals surface area contributed by atoms with Gasteiger partial charge in [-0.2, -0.15) is 8.42 Å². The second-order valence-electron chi connectivity index (χ2n) is 11.2. The fourth-order valence-electron chi connectivity index (χ4n) is 6.02. The monoisotopic (exact) mass is 665 g/mol. The van der Waals surface area contributed by atoms with Crippen LogP contribution in [0.25, 0.3) is 11.8 Å². The number of benzene rings is 4. The summed E-state index contributed by atoms with van der Waals surface area (Å²) in [4.78, 5) is 30.0. The summed E-state index contributed by atoms with van der Waals surface area (Å²) >= 11 is 1.29. The molecule has 2 aliphatic rings. The molecule has 0 bridgehead atoms. The van der Waals surface area contributed by atoms with E-state index in [1.165, 1.54) is 48.1 Å². The van der Waals surface area contributed by atoms with Gasteiger partial charge in [-0.25, -0.2) is 4.99 Å². The predicted octanol–water partition coefficient (Wildman–Crippen LogP) is 5.31. The number of hydrogen-bond acceptors (Lipinski definition) is 9. The number of aromatic nitrogens is 1. The molecule has 0 radical (unpaired) electrons. The fourth-order valence-corrected chi connectivity index (χ4v) is 7.97. The predicted molar refractivity (Wildman–Crippen MR) is 178 cm³/mol. The van der Waals surface area contributed by atoms with E-state index in [1.54, 1.807) is 29.9 Å². The molecule has 12 heteroatoms. The molecule has 0 saturated carbocycles. The van der Waals surface area contributed by atoms with Crippen molar-refractivity contribution in [2.24, 2.45) is 4.99 Å². The summed E-state index contributed by atoms with van der Waals surface area (Å²) in [6.07, 6.45) is 3.35. The largest absolute Gasteiger partial charge is 0.497 e. The normalized spacial score (nSPS) is 15.7. The van der Waals surface area contributed by atoms with Crippen LogP contribution in [0.15, 0.2) is 111 Å². The van der Waals surface area contributed by atoms with Gasteiger partial charge in [0.05, 0.1) is 28.3 Å². The van der Waals surface area contributed by atoms with E-state index in [9.17, 15) is 23.3 Å². The van der Waals surface area contributed by atoms with Crippen molar-refractivity contribution in [3.63, 3.8) is 0 Å². The molecule has 1 aliphatic heterocycles. The first-order valence-corrected chi connectivity index (χ1v) is 16.9. The van der Waals surface area contributed by atoms with Crippen molar-refractivity contribution < 1.29 is 22.3 Å². The lowest BCUT2D eigenvalue weighted by Gasteiger charge is -2.31. The Hall–Kier alpha value is -5.33. The van der Waals surface area contributed by atoms with Gasteiger partial charge < -0.3 is 8.92 Å². The Labute approximate surface area is 273 Å². The van der Waals surface area contributed by atoms with Crippen molar-refractivity contribution in [2.45, 2.75) is 30.7 Å². The minimum absolute atomic E-state index is 0.0243. The van der Waals surface area contributed by atoms with Crippen molar-refractivity contribution in [2.75, 3.05) is 7.11 Å². The number of allylic oxidation sites excluding steroid dienone is 1. The third-order valence-electron chi connectivity index (χ3n) is 8.33. The highest BCUT2D eigenvalue weighted by Gasteiger charge is 2.32. The zero-order valence-electron chi connectivity index (χ0n) is 25.2. The molecule has 0 spiro atoms. The van der Waals surface area contributed by atoms with E-state index in [2.05, 4.69) is 12.1 Å². The molecule has 0 N–H and O–H groups in total. The van der Waals surface area contributed by atoms with Gasteiger partial charge in [-0.1, -0.05) is 65.9 Å². The summed E-state index contributed by atoms with van der Waals surface area (Å²) in [5, 5.41) is 11.3. The smallest absolute Gasteiger partial charge is 0.339 e. The average Bonchev–Trinajstić information content (AvgIpc) is 3.38. The summed E-state index contributed by atoms with van der Waals surface area (Å²) in [5.74, 6) is 0.723. The van der Waals surface area contributed by atoms with Crippen LogP contribution in [0.1, 0.15) is 40.3 Å². The number of nitro benzene ring substituents is 1. The first kappa shape index (κ1) is 30.3. The molecule has 47 heavy (non-hydrogen) atoms. The maximum atomic E-state index is 14.1. The van der Waals surface area contributed by atoms with E-state index in [4.69, 9.17) is 13.9 Å². The van der Waals surface area contributed by atoms with E-state index in [0.29, 0.717) is 26.2 Å². The first-order valence-electron chi connectivity index (χ1n) is 14.7. The third kappa shape index (κ3) is 5.55. The van der Waals surface area contributed by atoms with Crippen LogP contribution in [0.5, 0.6) is 11.5 Å². The molecule has 2 heterocycles. The van der Waals surface area contributed by atoms with Crippen LogP contribution in [0.3, 0.4) is 0 Å². The molecule has 1 aromatic heterocycles. The summed E-state index contributed by atoms with van der Waals surface area (Å²) in [5.41, 5.74) is 5.70. The molecule has 0 fully saturated rings. The molecule has 10 nitrogen and oxygen atoms in total. The Balaban J connectivity index is 1.26. The highest BCUT2D eigenvalue weighted by atomic mass is 32.2. The highest BCUT2D eigenvalue weighted by Crippen LogP contribution is 2.41. The first-order chi connectivity index (χ1) is 22.6. The topological polar surface area (TPSA) is 130 Å². The van der Waals surface area contributed by atoms with Gasteiger partial charge in [-0.15, -0.1) is 0 Å². The van der Waals surface area contributed by atoms with E-state index in [-0.39, 0.29) is 27.9 Å². The Morgan fingerprint density at radius 2 is 1.77 bits per heavy atom. The number of hydrogen-bond donors (Lipinski definition) is 0. The molecule has 1 aliphatic carbocycles. The van der Waals surface area contributed by atoms with Crippen molar-refractivity contribution in [3.05, 3.63) is 154 Å². The van der Waals surface area contributed by atoms with E-state index < -0.39 is 15.0 Å². The summed E-state index contributed by atoms with van der Waals surface area (Å²) in [6.45, 7) is 1.53. The molecule has 4 aromatic carbocycles. The van der Waals surface area contributed by atoms with E-state index in [1.807, 2.05) is 36.4 Å². The molecule has 5 aromatic rings. The van der Waals surface area contributed by atoms with Gasteiger partial charge in [-0.3, -0.25) is 19.5 Å². The van der Waals surface area contributed by atoms with Gasteiger partial charge in [0.25, 0.3) is 11.2 Å². The minimum Gasteiger partial charge on any atom is -0.497 e. The third-order valence-corrected chi connectivity index (χ3v) is 10.6. The number of nitro groups is 1. The van der Waals surface area contributed by atoms with Gasteiger partial charge in [0.1, 0.15) is 16.4 Å². The molecule has 7 rings (SSSR count). The van der Waals surface area contributed by atoms with Crippen LogP contribution in [-0.4, -0.2) is 25.0 Å². The standard InChI is InChI=1S/C35H27N3O7S2/c1-21-10-16-27(20-30(21)38(40)41)47(42,43)45-25-14-11-22(12-15-25)18-31-34(39)37-33(24-7-5-8-26(19-24)44-2)29-17-13-23-6-3-4-9-28(23)32(29)36-35(37)46-31/h3-12,14-16,18-20,33H,13,17H2,1-2H3/b31-18+/t33-/m1/s1. The van der Waals surface area contributed by atoms with Crippen LogP contribution >= 0.6 is 11.3 Å². The van der Waals surface area contributed by atoms with Crippen LogP contribution < -0.4 is 23.8 Å². The van der Waals surface area contributed by atoms with Crippen LogP contribution in [0.4, 0.5) is 5.69 Å². The second-order valence-corrected chi connectivity index (χ2v) is 13.8. The molecule has 0 unspecified atom stereocenters. The zero-order valence-corrected chi connectivity index (χ0v) is 26.9. The number of fused-ring (bicyclic) bond motifs is 3. The lowest BCUT2D eigenvalue weighted by atomic mass is 9.83. The van der Waals surface area contributed by atoms with Gasteiger partial charge in [0, 0.05) is 17.2 Å². The second kappa shape index (κ2) is 11.8. The van der Waals surface area contributed by atoms with Gasteiger partial charge in [0.15, 0.2) is 4.80 Å². The zero-order chi connectivity index (χ0) is 32.9.